The zero-order valence-corrected chi connectivity index (χ0v) is 7.16. The van der Waals surface area contributed by atoms with Gasteiger partial charge in [-0.25, -0.2) is 0 Å². The molecular formula is C10H13NO. The first-order valence-electron chi connectivity index (χ1n) is 4.03. The third kappa shape index (κ3) is 2.47. The fourth-order valence-electron chi connectivity index (χ4n) is 1.09. The Morgan fingerprint density at radius 1 is 1.42 bits per heavy atom. The minimum absolute atomic E-state index is 0.0626. The summed E-state index contributed by atoms with van der Waals surface area (Å²) in [5.74, 6) is 0. The molecule has 0 aliphatic rings. The first kappa shape index (κ1) is 8.94. The number of carbonyl (C=O) groups is 1. The summed E-state index contributed by atoms with van der Waals surface area (Å²) in [4.78, 5) is 10.5. The van der Waals surface area contributed by atoms with Crippen molar-refractivity contribution < 1.29 is 4.79 Å². The second kappa shape index (κ2) is 4.67. The number of aldehydes is 1. The van der Waals surface area contributed by atoms with E-state index in [1.807, 2.05) is 30.3 Å². The average Bonchev–Trinajstić information content (AvgIpc) is 2.16. The Balaban J connectivity index is 2.56. The maximum atomic E-state index is 10.5. The van der Waals surface area contributed by atoms with Crippen molar-refractivity contribution in [3.8, 4) is 0 Å². The molecule has 12 heavy (non-hydrogen) atoms. The second-order valence-corrected chi connectivity index (χ2v) is 2.72. The van der Waals surface area contributed by atoms with Crippen molar-refractivity contribution in [2.45, 2.75) is 12.5 Å². The van der Waals surface area contributed by atoms with Crippen LogP contribution in [0.1, 0.15) is 5.56 Å². The lowest BCUT2D eigenvalue weighted by Gasteiger charge is -2.07. The first-order valence-corrected chi connectivity index (χ1v) is 4.03. The molecule has 0 radical (unpaired) electrons. The summed E-state index contributed by atoms with van der Waals surface area (Å²) in [6.07, 6.45) is 1.70. The average molecular weight is 163 g/mol. The summed E-state index contributed by atoms with van der Waals surface area (Å²) < 4.78 is 0. The molecule has 1 atom stereocenters. The van der Waals surface area contributed by atoms with Crippen LogP contribution in [0.4, 0.5) is 0 Å². The first-order chi connectivity index (χ1) is 5.86. The van der Waals surface area contributed by atoms with Crippen molar-refractivity contribution in [1.82, 2.24) is 5.32 Å². The Kier molecular flexibility index (Phi) is 3.48. The van der Waals surface area contributed by atoms with Gasteiger partial charge in [0.05, 0.1) is 6.04 Å². The van der Waals surface area contributed by atoms with Crippen LogP contribution in [-0.4, -0.2) is 19.4 Å². The fourth-order valence-corrected chi connectivity index (χ4v) is 1.09. The van der Waals surface area contributed by atoms with E-state index < -0.39 is 0 Å². The van der Waals surface area contributed by atoms with Crippen LogP contribution in [-0.2, 0) is 11.2 Å². The number of hydrogen-bond acceptors (Lipinski definition) is 2. The lowest BCUT2D eigenvalue weighted by atomic mass is 10.1. The van der Waals surface area contributed by atoms with Gasteiger partial charge in [-0.1, -0.05) is 30.3 Å². The molecule has 0 saturated heterocycles. The van der Waals surface area contributed by atoms with E-state index in [1.54, 1.807) is 7.05 Å². The standard InChI is InChI=1S/C10H13NO/c1-11-10(8-12)7-9-5-3-2-4-6-9/h2-6,8,10-11H,7H2,1H3/t10-/m1/s1. The number of carbonyl (C=O) groups excluding carboxylic acids is 1. The molecule has 64 valence electrons. The predicted octanol–water partition coefficient (Wildman–Crippen LogP) is 1.02. The van der Waals surface area contributed by atoms with E-state index in [1.165, 1.54) is 5.56 Å². The van der Waals surface area contributed by atoms with Gasteiger partial charge in [0.2, 0.25) is 0 Å². The Labute approximate surface area is 72.6 Å². The SMILES string of the molecule is CN[C@@H](C=O)Cc1ccccc1. The second-order valence-electron chi connectivity index (χ2n) is 2.72. The molecule has 0 aliphatic heterocycles. The lowest BCUT2D eigenvalue weighted by molar-refractivity contribution is -0.109. The Morgan fingerprint density at radius 3 is 2.58 bits per heavy atom. The van der Waals surface area contributed by atoms with E-state index in [0.29, 0.717) is 0 Å². The van der Waals surface area contributed by atoms with Crippen LogP contribution in [0.3, 0.4) is 0 Å². The number of hydrogen-bond donors (Lipinski definition) is 1. The highest BCUT2D eigenvalue weighted by molar-refractivity contribution is 5.58. The summed E-state index contributed by atoms with van der Waals surface area (Å²) in [6, 6.07) is 9.91. The summed E-state index contributed by atoms with van der Waals surface area (Å²) in [7, 11) is 1.79. The van der Waals surface area contributed by atoms with Gasteiger partial charge < -0.3 is 10.1 Å². The van der Waals surface area contributed by atoms with Crippen molar-refractivity contribution in [2.75, 3.05) is 7.05 Å². The molecule has 0 unspecified atom stereocenters. The van der Waals surface area contributed by atoms with Crippen LogP contribution >= 0.6 is 0 Å². The molecular weight excluding hydrogens is 150 g/mol. The smallest absolute Gasteiger partial charge is 0.137 e. The van der Waals surface area contributed by atoms with Crippen molar-refractivity contribution in [2.24, 2.45) is 0 Å². The molecule has 2 heteroatoms. The molecule has 1 aromatic rings. The van der Waals surface area contributed by atoms with Crippen LogP contribution < -0.4 is 5.32 Å². The molecule has 0 aliphatic carbocycles. The molecule has 0 aromatic heterocycles. The minimum Gasteiger partial charge on any atom is -0.311 e. The zero-order valence-electron chi connectivity index (χ0n) is 7.16. The summed E-state index contributed by atoms with van der Waals surface area (Å²) in [5.41, 5.74) is 1.18. The topological polar surface area (TPSA) is 29.1 Å². The minimum atomic E-state index is -0.0626. The Bertz CT molecular complexity index is 233. The highest BCUT2D eigenvalue weighted by Gasteiger charge is 2.03. The highest BCUT2D eigenvalue weighted by Crippen LogP contribution is 2.01. The summed E-state index contributed by atoms with van der Waals surface area (Å²) in [6.45, 7) is 0. The van der Waals surface area contributed by atoms with E-state index in [2.05, 4.69) is 5.32 Å². The number of rotatable bonds is 4. The molecule has 2 nitrogen and oxygen atoms in total. The monoisotopic (exact) mass is 163 g/mol. The normalized spacial score (nSPS) is 12.4. The largest absolute Gasteiger partial charge is 0.311 e. The number of benzene rings is 1. The van der Waals surface area contributed by atoms with Gasteiger partial charge >= 0.3 is 0 Å². The van der Waals surface area contributed by atoms with Crippen LogP contribution in [0.2, 0.25) is 0 Å². The zero-order chi connectivity index (χ0) is 8.81. The van der Waals surface area contributed by atoms with Gasteiger partial charge in [0, 0.05) is 0 Å². The van der Waals surface area contributed by atoms with Crippen molar-refractivity contribution in [1.29, 1.82) is 0 Å². The Hall–Kier alpha value is -1.15. The predicted molar refractivity (Wildman–Crippen MR) is 49.1 cm³/mol. The van der Waals surface area contributed by atoms with Gasteiger partial charge in [-0.2, -0.15) is 0 Å². The van der Waals surface area contributed by atoms with Gasteiger partial charge in [-0.05, 0) is 19.0 Å². The van der Waals surface area contributed by atoms with Crippen molar-refractivity contribution >= 4 is 6.29 Å². The summed E-state index contributed by atoms with van der Waals surface area (Å²) in [5, 5.41) is 2.93. The van der Waals surface area contributed by atoms with Crippen LogP contribution in [0, 0.1) is 0 Å². The summed E-state index contributed by atoms with van der Waals surface area (Å²) >= 11 is 0. The molecule has 0 amide bonds. The van der Waals surface area contributed by atoms with Crippen LogP contribution in [0.5, 0.6) is 0 Å². The quantitative estimate of drug-likeness (QED) is 0.671. The molecule has 1 N–H and O–H groups in total. The van der Waals surface area contributed by atoms with E-state index in [4.69, 9.17) is 0 Å². The molecule has 0 spiro atoms. The molecule has 1 rings (SSSR count). The van der Waals surface area contributed by atoms with Gasteiger partial charge in [0.25, 0.3) is 0 Å². The molecule has 0 heterocycles. The maximum Gasteiger partial charge on any atom is 0.137 e. The van der Waals surface area contributed by atoms with Gasteiger partial charge in [0.15, 0.2) is 0 Å². The molecule has 1 aromatic carbocycles. The van der Waals surface area contributed by atoms with Gasteiger partial charge in [-0.3, -0.25) is 0 Å². The van der Waals surface area contributed by atoms with E-state index in [0.717, 1.165) is 12.7 Å². The van der Waals surface area contributed by atoms with Gasteiger partial charge in [-0.15, -0.1) is 0 Å². The van der Waals surface area contributed by atoms with E-state index >= 15 is 0 Å². The van der Waals surface area contributed by atoms with Crippen molar-refractivity contribution in [3.63, 3.8) is 0 Å². The van der Waals surface area contributed by atoms with E-state index in [-0.39, 0.29) is 6.04 Å². The number of likely N-dealkylation sites (N-methyl/N-ethyl adjacent to an activating group) is 1. The number of nitrogens with one attached hydrogen (secondary N) is 1. The molecule has 0 fully saturated rings. The maximum absolute atomic E-state index is 10.5. The fraction of sp³-hybridized carbons (Fsp3) is 0.300. The third-order valence-electron chi connectivity index (χ3n) is 1.83. The molecule has 0 bridgehead atoms. The van der Waals surface area contributed by atoms with E-state index in [9.17, 15) is 4.79 Å². The highest BCUT2D eigenvalue weighted by atomic mass is 16.1. The third-order valence-corrected chi connectivity index (χ3v) is 1.83. The van der Waals surface area contributed by atoms with Crippen molar-refractivity contribution in [3.05, 3.63) is 35.9 Å². The van der Waals surface area contributed by atoms with Crippen LogP contribution in [0.25, 0.3) is 0 Å². The van der Waals surface area contributed by atoms with Gasteiger partial charge in [0.1, 0.15) is 6.29 Å². The molecule has 0 saturated carbocycles. The Morgan fingerprint density at radius 2 is 2.08 bits per heavy atom. The van der Waals surface area contributed by atoms with Crippen LogP contribution in [0.15, 0.2) is 30.3 Å². The lowest BCUT2D eigenvalue weighted by Crippen LogP contribution is -2.28.